The van der Waals surface area contributed by atoms with Crippen molar-refractivity contribution in [2.24, 2.45) is 0 Å². The van der Waals surface area contributed by atoms with Gasteiger partial charge in [-0.15, -0.1) is 0 Å². The number of nitrogens with zero attached hydrogens (tertiary/aromatic N) is 2. The minimum absolute atomic E-state index is 0.0447. The molecule has 0 aliphatic rings. The van der Waals surface area contributed by atoms with Crippen LogP contribution in [0.25, 0.3) is 0 Å². The molecule has 0 aliphatic carbocycles. The third kappa shape index (κ3) is 4.82. The van der Waals surface area contributed by atoms with E-state index in [1.807, 2.05) is 20.8 Å². The van der Waals surface area contributed by atoms with Gasteiger partial charge in [0.05, 0.1) is 17.4 Å². The normalized spacial score (nSPS) is 12.2. The highest BCUT2D eigenvalue weighted by atomic mass is 19.1. The first-order chi connectivity index (χ1) is 14.3. The number of nitrogens with one attached hydrogen (secondary N) is 2. The summed E-state index contributed by atoms with van der Waals surface area (Å²) >= 11 is 0. The predicted octanol–water partition coefficient (Wildman–Crippen LogP) is 3.61. The Morgan fingerprint density at radius 2 is 1.97 bits per heavy atom. The Bertz CT molecular complexity index is 1090. The van der Waals surface area contributed by atoms with E-state index in [2.05, 4.69) is 20.4 Å². The van der Waals surface area contributed by atoms with Crippen LogP contribution >= 0.6 is 0 Å². The molecule has 3 rings (SSSR count). The number of benzene rings is 1. The number of halogens is 1. The maximum Gasteiger partial charge on any atom is 0.257 e. The molecule has 0 saturated carbocycles. The zero-order valence-electron chi connectivity index (χ0n) is 17.5. The molecule has 2 heterocycles. The van der Waals surface area contributed by atoms with Gasteiger partial charge in [-0.2, -0.15) is 0 Å². The van der Waals surface area contributed by atoms with Crippen molar-refractivity contribution in [3.8, 4) is 0 Å². The SMILES string of the molecule is CCc1noc(C)c1C(=O)N[C@H](Cc1cc(=O)[nH]c(C(C)C)n1)c1ccc(F)cc1. The molecule has 0 spiro atoms. The van der Waals surface area contributed by atoms with Crippen molar-refractivity contribution in [3.63, 3.8) is 0 Å². The van der Waals surface area contributed by atoms with Crippen LogP contribution in [0.1, 0.15) is 71.6 Å². The van der Waals surface area contributed by atoms with Crippen molar-refractivity contribution >= 4 is 5.91 Å². The average Bonchev–Trinajstić information content (AvgIpc) is 3.08. The van der Waals surface area contributed by atoms with E-state index in [0.29, 0.717) is 40.5 Å². The first-order valence-electron chi connectivity index (χ1n) is 9.90. The highest BCUT2D eigenvalue weighted by Crippen LogP contribution is 2.21. The Morgan fingerprint density at radius 3 is 2.60 bits per heavy atom. The molecule has 0 aliphatic heterocycles. The van der Waals surface area contributed by atoms with Crippen LogP contribution in [0.15, 0.2) is 39.6 Å². The van der Waals surface area contributed by atoms with Crippen LogP contribution in [0, 0.1) is 12.7 Å². The fourth-order valence-electron chi connectivity index (χ4n) is 3.24. The summed E-state index contributed by atoms with van der Waals surface area (Å²) in [4.78, 5) is 32.3. The van der Waals surface area contributed by atoms with Crippen LogP contribution in [0.4, 0.5) is 4.39 Å². The molecular formula is C22H25FN4O3. The summed E-state index contributed by atoms with van der Waals surface area (Å²) in [5.41, 5.74) is 1.95. The summed E-state index contributed by atoms with van der Waals surface area (Å²) in [7, 11) is 0. The number of aryl methyl sites for hydroxylation is 2. The molecule has 0 bridgehead atoms. The lowest BCUT2D eigenvalue weighted by atomic mass is 10.0. The zero-order valence-corrected chi connectivity index (χ0v) is 17.5. The average molecular weight is 412 g/mol. The summed E-state index contributed by atoms with van der Waals surface area (Å²) in [5.74, 6) is 0.337. The van der Waals surface area contributed by atoms with Crippen molar-refractivity contribution in [2.75, 3.05) is 0 Å². The topological polar surface area (TPSA) is 101 Å². The fraction of sp³-hybridized carbons (Fsp3) is 0.364. The Balaban J connectivity index is 1.95. The first kappa shape index (κ1) is 21.4. The van der Waals surface area contributed by atoms with Crippen LogP contribution in [0.3, 0.4) is 0 Å². The van der Waals surface area contributed by atoms with Crippen molar-refractivity contribution in [1.29, 1.82) is 0 Å². The second-order valence-corrected chi connectivity index (χ2v) is 7.47. The van der Waals surface area contributed by atoms with Gasteiger partial charge in [0.1, 0.15) is 23.0 Å². The maximum absolute atomic E-state index is 13.4. The Labute approximate surface area is 173 Å². The lowest BCUT2D eigenvalue weighted by molar-refractivity contribution is 0.0934. The van der Waals surface area contributed by atoms with Gasteiger partial charge in [0.25, 0.3) is 11.5 Å². The molecule has 3 aromatic rings. The predicted molar refractivity (Wildman–Crippen MR) is 110 cm³/mol. The molecule has 2 aromatic heterocycles. The summed E-state index contributed by atoms with van der Waals surface area (Å²) in [6.45, 7) is 7.44. The Morgan fingerprint density at radius 1 is 1.27 bits per heavy atom. The van der Waals surface area contributed by atoms with Gasteiger partial charge in [0.15, 0.2) is 0 Å². The quantitative estimate of drug-likeness (QED) is 0.617. The number of carbonyl (C=O) groups excluding carboxylic acids is 1. The first-order valence-corrected chi connectivity index (χ1v) is 9.90. The lowest BCUT2D eigenvalue weighted by Crippen LogP contribution is -2.31. The second kappa shape index (κ2) is 9.02. The molecule has 1 amide bonds. The van der Waals surface area contributed by atoms with E-state index >= 15 is 0 Å². The number of hydrogen-bond acceptors (Lipinski definition) is 5. The van der Waals surface area contributed by atoms with Gasteiger partial charge in [0.2, 0.25) is 0 Å². The molecule has 1 atom stereocenters. The van der Waals surface area contributed by atoms with Gasteiger partial charge in [-0.1, -0.05) is 38.1 Å². The largest absolute Gasteiger partial charge is 0.361 e. The van der Waals surface area contributed by atoms with E-state index in [-0.39, 0.29) is 29.6 Å². The molecule has 0 fully saturated rings. The van der Waals surface area contributed by atoms with Crippen LogP contribution < -0.4 is 10.9 Å². The number of carbonyl (C=O) groups is 1. The second-order valence-electron chi connectivity index (χ2n) is 7.47. The van der Waals surface area contributed by atoms with Crippen molar-refractivity contribution in [1.82, 2.24) is 20.4 Å². The van der Waals surface area contributed by atoms with Crippen molar-refractivity contribution < 1.29 is 13.7 Å². The smallest absolute Gasteiger partial charge is 0.257 e. The summed E-state index contributed by atoms with van der Waals surface area (Å²) in [6.07, 6.45) is 0.821. The number of hydrogen-bond donors (Lipinski definition) is 2. The van der Waals surface area contributed by atoms with Gasteiger partial charge in [-0.3, -0.25) is 9.59 Å². The van der Waals surface area contributed by atoms with E-state index in [0.717, 1.165) is 0 Å². The molecule has 1 aromatic carbocycles. The fourth-order valence-corrected chi connectivity index (χ4v) is 3.24. The number of aromatic nitrogens is 3. The van der Waals surface area contributed by atoms with E-state index in [9.17, 15) is 14.0 Å². The molecule has 158 valence electrons. The van der Waals surface area contributed by atoms with E-state index in [4.69, 9.17) is 4.52 Å². The van der Waals surface area contributed by atoms with Crippen molar-refractivity contribution in [2.45, 2.75) is 52.5 Å². The van der Waals surface area contributed by atoms with Crippen molar-refractivity contribution in [3.05, 3.63) is 80.6 Å². The molecule has 0 radical (unpaired) electrons. The Hall–Kier alpha value is -3.29. The Kier molecular flexibility index (Phi) is 6.44. The van der Waals surface area contributed by atoms with Gasteiger partial charge in [-0.05, 0) is 31.0 Å². The highest BCUT2D eigenvalue weighted by Gasteiger charge is 2.23. The van der Waals surface area contributed by atoms with Crippen LogP contribution in [-0.2, 0) is 12.8 Å². The monoisotopic (exact) mass is 412 g/mol. The minimum Gasteiger partial charge on any atom is -0.361 e. The number of rotatable bonds is 7. The summed E-state index contributed by atoms with van der Waals surface area (Å²) in [5, 5.41) is 6.90. The number of aromatic amines is 1. The summed E-state index contributed by atoms with van der Waals surface area (Å²) < 4.78 is 18.6. The third-order valence-corrected chi connectivity index (χ3v) is 4.85. The standard InChI is InChI=1S/C22H25FN4O3/c1-5-17-20(13(4)30-27-17)22(29)25-18(14-6-8-15(23)9-7-14)10-16-11-19(28)26-21(24-16)12(2)3/h6-9,11-12,18H,5,10H2,1-4H3,(H,25,29)(H,24,26,28)/t18-/m1/s1. The molecular weight excluding hydrogens is 387 g/mol. The highest BCUT2D eigenvalue weighted by molar-refractivity contribution is 5.96. The summed E-state index contributed by atoms with van der Waals surface area (Å²) in [6, 6.07) is 6.78. The molecule has 0 saturated heterocycles. The molecule has 7 nitrogen and oxygen atoms in total. The van der Waals surface area contributed by atoms with E-state index in [1.54, 1.807) is 19.1 Å². The zero-order chi connectivity index (χ0) is 21.8. The minimum atomic E-state index is -0.522. The molecule has 2 N–H and O–H groups in total. The van der Waals surface area contributed by atoms with E-state index < -0.39 is 6.04 Å². The van der Waals surface area contributed by atoms with Gasteiger partial charge < -0.3 is 14.8 Å². The van der Waals surface area contributed by atoms with Crippen LogP contribution in [-0.4, -0.2) is 21.0 Å². The van der Waals surface area contributed by atoms with Crippen LogP contribution in [0.5, 0.6) is 0 Å². The number of amides is 1. The van der Waals surface area contributed by atoms with Gasteiger partial charge in [0, 0.05) is 18.4 Å². The van der Waals surface area contributed by atoms with Crippen LogP contribution in [0.2, 0.25) is 0 Å². The molecule has 8 heteroatoms. The maximum atomic E-state index is 13.4. The molecule has 30 heavy (non-hydrogen) atoms. The van der Waals surface area contributed by atoms with E-state index in [1.165, 1.54) is 18.2 Å². The number of H-pyrrole nitrogens is 1. The van der Waals surface area contributed by atoms with Gasteiger partial charge in [-0.25, -0.2) is 9.37 Å². The van der Waals surface area contributed by atoms with Gasteiger partial charge >= 0.3 is 0 Å². The third-order valence-electron chi connectivity index (χ3n) is 4.85. The lowest BCUT2D eigenvalue weighted by Gasteiger charge is -2.20. The molecule has 0 unspecified atom stereocenters.